The molecule has 0 radical (unpaired) electrons. The number of nitrogens with zero attached hydrogens (tertiary/aromatic N) is 1. The first-order valence-corrected chi connectivity index (χ1v) is 9.05. The maximum absolute atomic E-state index is 12.3. The average molecular weight is 368 g/mol. The minimum Gasteiger partial charge on any atom is -0.493 e. The highest BCUT2D eigenvalue weighted by atomic mass is 32.2. The van der Waals surface area contributed by atoms with Crippen LogP contribution in [0.5, 0.6) is 11.5 Å². The fourth-order valence-corrected chi connectivity index (χ4v) is 3.40. The molecule has 1 saturated heterocycles. The van der Waals surface area contributed by atoms with Crippen molar-refractivity contribution in [3.8, 4) is 11.5 Å². The number of nitrogens with one attached hydrogen (secondary N) is 1. The monoisotopic (exact) mass is 368 g/mol. The fraction of sp³-hybridized carbons (Fsp3) is 0.200. The van der Waals surface area contributed by atoms with Crippen LogP contribution in [-0.4, -0.2) is 25.3 Å². The van der Waals surface area contributed by atoms with Gasteiger partial charge in [0.15, 0.2) is 16.7 Å². The van der Waals surface area contributed by atoms with E-state index in [1.54, 1.807) is 20.3 Å². The Kier molecular flexibility index (Phi) is 5.63. The van der Waals surface area contributed by atoms with E-state index in [0.29, 0.717) is 21.6 Å². The van der Waals surface area contributed by atoms with Crippen LogP contribution in [0.4, 0.5) is 5.69 Å². The van der Waals surface area contributed by atoms with Crippen molar-refractivity contribution in [1.82, 2.24) is 5.32 Å². The van der Waals surface area contributed by atoms with Crippen molar-refractivity contribution < 1.29 is 14.3 Å². The van der Waals surface area contributed by atoms with Gasteiger partial charge < -0.3 is 14.8 Å². The number of ether oxygens (including phenoxy) is 2. The number of methoxy groups -OCH3 is 2. The summed E-state index contributed by atoms with van der Waals surface area (Å²) < 4.78 is 10.7. The number of thioether (sulfide) groups is 1. The number of aliphatic imine (C=N–C) groups is 1. The number of rotatable bonds is 5. The highest BCUT2D eigenvalue weighted by Crippen LogP contribution is 2.35. The summed E-state index contributed by atoms with van der Waals surface area (Å²) in [6, 6.07) is 13.5. The van der Waals surface area contributed by atoms with Crippen molar-refractivity contribution in [3.63, 3.8) is 0 Å². The third-order valence-electron chi connectivity index (χ3n) is 3.95. The zero-order chi connectivity index (χ0) is 18.5. The summed E-state index contributed by atoms with van der Waals surface area (Å²) in [5.74, 6) is 1.04. The summed E-state index contributed by atoms with van der Waals surface area (Å²) in [6.45, 7) is 2.11. The largest absolute Gasteiger partial charge is 0.493 e. The predicted octanol–water partition coefficient (Wildman–Crippen LogP) is 4.16. The second kappa shape index (κ2) is 8.10. The van der Waals surface area contributed by atoms with Crippen molar-refractivity contribution in [2.75, 3.05) is 14.2 Å². The van der Waals surface area contributed by atoms with Crippen LogP contribution >= 0.6 is 11.8 Å². The summed E-state index contributed by atoms with van der Waals surface area (Å²) >= 11 is 1.31. The SMILES string of the molecule is CCc1ccc(N=C2NC(=O)/C(=C\c3cccc(OC)c3OC)S2)cc1. The lowest BCUT2D eigenvalue weighted by molar-refractivity contribution is -0.115. The van der Waals surface area contributed by atoms with Crippen LogP contribution < -0.4 is 14.8 Å². The smallest absolute Gasteiger partial charge is 0.264 e. The van der Waals surface area contributed by atoms with Crippen LogP contribution in [0.1, 0.15) is 18.1 Å². The molecule has 1 aliphatic rings. The molecule has 6 heteroatoms. The van der Waals surface area contributed by atoms with E-state index in [0.717, 1.165) is 17.7 Å². The van der Waals surface area contributed by atoms with Crippen molar-refractivity contribution in [1.29, 1.82) is 0 Å². The predicted molar refractivity (Wildman–Crippen MR) is 106 cm³/mol. The number of benzene rings is 2. The lowest BCUT2D eigenvalue weighted by atomic mass is 10.1. The van der Waals surface area contributed by atoms with Crippen LogP contribution in [0.3, 0.4) is 0 Å². The molecule has 0 aromatic heterocycles. The Morgan fingerprint density at radius 1 is 1.12 bits per heavy atom. The molecule has 0 spiro atoms. The Labute approximate surface area is 157 Å². The molecule has 0 atom stereocenters. The number of aryl methyl sites for hydroxylation is 1. The van der Waals surface area contributed by atoms with Gasteiger partial charge in [-0.1, -0.05) is 31.2 Å². The maximum atomic E-state index is 12.3. The van der Waals surface area contributed by atoms with Gasteiger partial charge in [-0.05, 0) is 48.0 Å². The molecular weight excluding hydrogens is 348 g/mol. The first-order valence-electron chi connectivity index (χ1n) is 8.24. The van der Waals surface area contributed by atoms with Gasteiger partial charge in [-0.2, -0.15) is 0 Å². The lowest BCUT2D eigenvalue weighted by Crippen LogP contribution is -2.19. The van der Waals surface area contributed by atoms with Crippen LogP contribution in [0.2, 0.25) is 0 Å². The molecule has 26 heavy (non-hydrogen) atoms. The second-order valence-corrected chi connectivity index (χ2v) is 6.62. The summed E-state index contributed by atoms with van der Waals surface area (Å²) in [5.41, 5.74) is 2.84. The molecule has 134 valence electrons. The Bertz CT molecular complexity index is 873. The summed E-state index contributed by atoms with van der Waals surface area (Å²) in [7, 11) is 3.16. The Balaban J connectivity index is 1.85. The molecule has 0 aliphatic carbocycles. The van der Waals surface area contributed by atoms with E-state index in [-0.39, 0.29) is 5.91 Å². The molecular formula is C20H20N2O3S. The second-order valence-electron chi connectivity index (χ2n) is 5.58. The van der Waals surface area contributed by atoms with Crippen LogP contribution in [-0.2, 0) is 11.2 Å². The van der Waals surface area contributed by atoms with Crippen LogP contribution in [0.25, 0.3) is 6.08 Å². The highest BCUT2D eigenvalue weighted by molar-refractivity contribution is 8.18. The number of carbonyl (C=O) groups excluding carboxylic acids is 1. The van der Waals surface area contributed by atoms with E-state index >= 15 is 0 Å². The standard InChI is InChI=1S/C20H20N2O3S/c1-4-13-8-10-15(11-9-13)21-20-22-19(23)17(26-20)12-14-6-5-7-16(24-2)18(14)25-3/h5-12H,4H2,1-3H3,(H,21,22,23)/b17-12+. The normalized spacial score (nSPS) is 16.8. The van der Waals surface area contributed by atoms with Crippen molar-refractivity contribution in [3.05, 3.63) is 58.5 Å². The average Bonchev–Trinajstić information content (AvgIpc) is 3.01. The molecule has 0 unspecified atom stereocenters. The van der Waals surface area contributed by atoms with Crippen LogP contribution in [0.15, 0.2) is 52.4 Å². The molecule has 1 fully saturated rings. The van der Waals surface area contributed by atoms with Gasteiger partial charge in [0.05, 0.1) is 24.8 Å². The van der Waals surface area contributed by atoms with Gasteiger partial charge in [-0.25, -0.2) is 4.99 Å². The Morgan fingerprint density at radius 2 is 1.88 bits per heavy atom. The quantitative estimate of drug-likeness (QED) is 0.805. The molecule has 1 aliphatic heterocycles. The molecule has 1 amide bonds. The zero-order valence-corrected chi connectivity index (χ0v) is 15.7. The van der Waals surface area contributed by atoms with Crippen LogP contribution in [0, 0.1) is 0 Å². The summed E-state index contributed by atoms with van der Waals surface area (Å²) in [6.07, 6.45) is 2.77. The summed E-state index contributed by atoms with van der Waals surface area (Å²) in [4.78, 5) is 17.3. The van der Waals surface area contributed by atoms with Gasteiger partial charge in [0.2, 0.25) is 0 Å². The molecule has 1 heterocycles. The van der Waals surface area contributed by atoms with Gasteiger partial charge in [-0.3, -0.25) is 4.79 Å². The Hall–Kier alpha value is -2.73. The van der Waals surface area contributed by atoms with E-state index in [9.17, 15) is 4.79 Å². The zero-order valence-electron chi connectivity index (χ0n) is 14.9. The topological polar surface area (TPSA) is 59.9 Å². The van der Waals surface area contributed by atoms with E-state index in [1.807, 2.05) is 42.5 Å². The lowest BCUT2D eigenvalue weighted by Gasteiger charge is -2.10. The third kappa shape index (κ3) is 3.91. The highest BCUT2D eigenvalue weighted by Gasteiger charge is 2.24. The number of amides is 1. The van der Waals surface area contributed by atoms with Crippen molar-refractivity contribution in [2.45, 2.75) is 13.3 Å². The summed E-state index contributed by atoms with van der Waals surface area (Å²) in [5, 5.41) is 3.36. The number of para-hydroxylation sites is 1. The number of hydrogen-bond acceptors (Lipinski definition) is 5. The molecule has 3 rings (SSSR count). The van der Waals surface area contributed by atoms with Crippen molar-refractivity contribution >= 4 is 34.6 Å². The first kappa shape index (κ1) is 18.1. The fourth-order valence-electron chi connectivity index (χ4n) is 2.57. The first-order chi connectivity index (χ1) is 12.6. The molecule has 0 saturated carbocycles. The van der Waals surface area contributed by atoms with Crippen molar-refractivity contribution in [2.24, 2.45) is 4.99 Å². The van der Waals surface area contributed by atoms with E-state index < -0.39 is 0 Å². The number of amidine groups is 1. The number of carbonyl (C=O) groups is 1. The molecule has 2 aromatic carbocycles. The van der Waals surface area contributed by atoms with E-state index in [1.165, 1.54) is 17.3 Å². The van der Waals surface area contributed by atoms with Gasteiger partial charge in [0.1, 0.15) is 0 Å². The minimum atomic E-state index is -0.177. The minimum absolute atomic E-state index is 0.177. The molecule has 1 N–H and O–H groups in total. The Morgan fingerprint density at radius 3 is 2.54 bits per heavy atom. The van der Waals surface area contributed by atoms with E-state index in [4.69, 9.17) is 9.47 Å². The van der Waals surface area contributed by atoms with Gasteiger partial charge in [-0.15, -0.1) is 0 Å². The van der Waals surface area contributed by atoms with Gasteiger partial charge in [0.25, 0.3) is 5.91 Å². The molecule has 2 aromatic rings. The number of hydrogen-bond donors (Lipinski definition) is 1. The third-order valence-corrected chi connectivity index (χ3v) is 4.86. The van der Waals surface area contributed by atoms with Gasteiger partial charge >= 0.3 is 0 Å². The van der Waals surface area contributed by atoms with Gasteiger partial charge in [0, 0.05) is 5.56 Å². The maximum Gasteiger partial charge on any atom is 0.264 e. The molecule has 5 nitrogen and oxygen atoms in total. The van der Waals surface area contributed by atoms with E-state index in [2.05, 4.69) is 17.2 Å². The molecule has 0 bridgehead atoms.